The van der Waals surface area contributed by atoms with Crippen LogP contribution in [0.1, 0.15) is 52.9 Å². The largest absolute Gasteiger partial charge is 0.388 e. The van der Waals surface area contributed by atoms with Gasteiger partial charge in [-0.05, 0) is 31.6 Å². The van der Waals surface area contributed by atoms with E-state index in [0.717, 1.165) is 12.8 Å². The average molecular weight is 284 g/mol. The first-order valence-electron chi connectivity index (χ1n) is 7.57. The summed E-state index contributed by atoms with van der Waals surface area (Å²) in [6.45, 7) is 5.67. The molecule has 1 fully saturated rings. The molecule has 0 heterocycles. The van der Waals surface area contributed by atoms with Gasteiger partial charge in [-0.15, -0.1) is 0 Å². The Kier molecular flexibility index (Phi) is 6.46. The topological polar surface area (TPSA) is 78.4 Å². The fourth-order valence-corrected chi connectivity index (χ4v) is 2.27. The first kappa shape index (κ1) is 17.0. The molecule has 0 aromatic rings. The van der Waals surface area contributed by atoms with Crippen LogP contribution in [0, 0.1) is 11.8 Å². The van der Waals surface area contributed by atoms with E-state index in [1.54, 1.807) is 6.92 Å². The molecule has 2 amide bonds. The molecule has 0 aliphatic heterocycles. The van der Waals surface area contributed by atoms with Crippen LogP contribution in [0.15, 0.2) is 0 Å². The Hall–Kier alpha value is -1.10. The van der Waals surface area contributed by atoms with Crippen molar-refractivity contribution in [3.8, 4) is 0 Å². The number of hydrogen-bond donors (Lipinski definition) is 3. The van der Waals surface area contributed by atoms with Crippen LogP contribution >= 0.6 is 0 Å². The van der Waals surface area contributed by atoms with E-state index in [1.807, 2.05) is 13.8 Å². The fraction of sp³-hybridized carbons (Fsp3) is 0.867. The molecule has 3 N–H and O–H groups in total. The van der Waals surface area contributed by atoms with E-state index in [-0.39, 0.29) is 30.8 Å². The van der Waals surface area contributed by atoms with E-state index < -0.39 is 5.60 Å². The normalized spacial score (nSPS) is 18.9. The number of nitrogens with one attached hydrogen (secondary N) is 2. The van der Waals surface area contributed by atoms with E-state index in [4.69, 9.17) is 0 Å². The van der Waals surface area contributed by atoms with Crippen molar-refractivity contribution in [3.63, 3.8) is 0 Å². The van der Waals surface area contributed by atoms with Crippen molar-refractivity contribution in [1.82, 2.24) is 10.6 Å². The van der Waals surface area contributed by atoms with Crippen molar-refractivity contribution in [2.45, 2.75) is 58.5 Å². The Bertz CT molecular complexity index is 334. The lowest BCUT2D eigenvalue weighted by Crippen LogP contribution is -2.47. The zero-order chi connectivity index (χ0) is 15.2. The third kappa shape index (κ3) is 5.90. The van der Waals surface area contributed by atoms with Gasteiger partial charge < -0.3 is 15.7 Å². The van der Waals surface area contributed by atoms with Crippen LogP contribution in [0.3, 0.4) is 0 Å². The van der Waals surface area contributed by atoms with Gasteiger partial charge in [0.05, 0.1) is 12.1 Å². The molecule has 0 saturated heterocycles. The molecule has 0 aromatic carbocycles. The van der Waals surface area contributed by atoms with Crippen molar-refractivity contribution in [3.05, 3.63) is 0 Å². The Morgan fingerprint density at radius 2 is 1.80 bits per heavy atom. The zero-order valence-corrected chi connectivity index (χ0v) is 12.9. The summed E-state index contributed by atoms with van der Waals surface area (Å²) >= 11 is 0. The Morgan fingerprint density at radius 3 is 2.35 bits per heavy atom. The molecule has 1 unspecified atom stereocenters. The molecule has 1 aliphatic rings. The quantitative estimate of drug-likeness (QED) is 0.657. The fourth-order valence-electron chi connectivity index (χ4n) is 2.27. The van der Waals surface area contributed by atoms with Gasteiger partial charge in [0.15, 0.2) is 0 Å². The van der Waals surface area contributed by atoms with Gasteiger partial charge in [-0.25, -0.2) is 0 Å². The van der Waals surface area contributed by atoms with Crippen LogP contribution in [0.4, 0.5) is 0 Å². The molecule has 20 heavy (non-hydrogen) atoms. The molecule has 5 nitrogen and oxygen atoms in total. The van der Waals surface area contributed by atoms with Gasteiger partial charge in [0.25, 0.3) is 0 Å². The van der Waals surface area contributed by atoms with Crippen LogP contribution in [-0.2, 0) is 9.59 Å². The Morgan fingerprint density at radius 1 is 1.20 bits per heavy atom. The summed E-state index contributed by atoms with van der Waals surface area (Å²) in [5.74, 6) is 0.229. The van der Waals surface area contributed by atoms with Crippen LogP contribution in [0.5, 0.6) is 0 Å². The monoisotopic (exact) mass is 284 g/mol. The first-order chi connectivity index (χ1) is 9.31. The molecule has 116 valence electrons. The molecule has 1 rings (SSSR count). The van der Waals surface area contributed by atoms with Gasteiger partial charge in [0.2, 0.25) is 11.8 Å². The minimum atomic E-state index is -0.927. The molecule has 1 atom stereocenters. The molecule has 5 heteroatoms. The molecular weight excluding hydrogens is 256 g/mol. The lowest BCUT2D eigenvalue weighted by molar-refractivity contribution is -0.127. The SMILES string of the molecule is CC(C)C(C)(O)CNC(=O)CNC(=O)CC1CCCC1. The Labute approximate surface area is 121 Å². The minimum absolute atomic E-state index is 0.0142. The second-order valence-corrected chi connectivity index (χ2v) is 6.42. The maximum atomic E-state index is 11.7. The van der Waals surface area contributed by atoms with Gasteiger partial charge in [-0.2, -0.15) is 0 Å². The highest BCUT2D eigenvalue weighted by Crippen LogP contribution is 2.27. The second kappa shape index (κ2) is 7.62. The molecular formula is C15H28N2O3. The summed E-state index contributed by atoms with van der Waals surface area (Å²) in [5.41, 5.74) is -0.927. The van der Waals surface area contributed by atoms with Crippen LogP contribution in [-0.4, -0.2) is 35.6 Å². The molecule has 0 bridgehead atoms. The third-order valence-electron chi connectivity index (χ3n) is 4.28. The Balaban J connectivity index is 2.17. The van der Waals surface area contributed by atoms with E-state index in [2.05, 4.69) is 10.6 Å². The molecule has 1 aliphatic carbocycles. The number of hydrogen-bond acceptors (Lipinski definition) is 3. The third-order valence-corrected chi connectivity index (χ3v) is 4.28. The molecule has 1 saturated carbocycles. The summed E-state index contributed by atoms with van der Waals surface area (Å²) in [7, 11) is 0. The van der Waals surface area contributed by atoms with Gasteiger partial charge in [-0.1, -0.05) is 26.7 Å². The van der Waals surface area contributed by atoms with Gasteiger partial charge in [-0.3, -0.25) is 9.59 Å². The number of aliphatic hydroxyl groups is 1. The van der Waals surface area contributed by atoms with Crippen molar-refractivity contribution in [1.29, 1.82) is 0 Å². The zero-order valence-electron chi connectivity index (χ0n) is 12.9. The molecule has 0 radical (unpaired) electrons. The summed E-state index contributed by atoms with van der Waals surface area (Å²) < 4.78 is 0. The minimum Gasteiger partial charge on any atom is -0.388 e. The lowest BCUT2D eigenvalue weighted by atomic mass is 9.92. The van der Waals surface area contributed by atoms with E-state index in [0.29, 0.717) is 12.3 Å². The molecule has 0 aromatic heterocycles. The van der Waals surface area contributed by atoms with Crippen molar-refractivity contribution >= 4 is 11.8 Å². The molecule has 0 spiro atoms. The average Bonchev–Trinajstić information content (AvgIpc) is 2.86. The van der Waals surface area contributed by atoms with Crippen molar-refractivity contribution in [2.24, 2.45) is 11.8 Å². The maximum Gasteiger partial charge on any atom is 0.239 e. The summed E-state index contributed by atoms with van der Waals surface area (Å²) in [6, 6.07) is 0. The number of carbonyl (C=O) groups excluding carboxylic acids is 2. The smallest absolute Gasteiger partial charge is 0.239 e. The lowest BCUT2D eigenvalue weighted by Gasteiger charge is -2.27. The van der Waals surface area contributed by atoms with Crippen LogP contribution in [0.2, 0.25) is 0 Å². The second-order valence-electron chi connectivity index (χ2n) is 6.42. The van der Waals surface area contributed by atoms with Crippen LogP contribution in [0.25, 0.3) is 0 Å². The van der Waals surface area contributed by atoms with E-state index in [9.17, 15) is 14.7 Å². The van der Waals surface area contributed by atoms with Crippen molar-refractivity contribution < 1.29 is 14.7 Å². The number of amides is 2. The highest BCUT2D eigenvalue weighted by atomic mass is 16.3. The summed E-state index contributed by atoms with van der Waals surface area (Å²) in [4.78, 5) is 23.3. The van der Waals surface area contributed by atoms with E-state index >= 15 is 0 Å². The summed E-state index contributed by atoms with van der Waals surface area (Å²) in [6.07, 6.45) is 5.19. The predicted octanol–water partition coefficient (Wildman–Crippen LogP) is 1.21. The van der Waals surface area contributed by atoms with Crippen LogP contribution < -0.4 is 10.6 Å². The summed E-state index contributed by atoms with van der Waals surface area (Å²) in [5, 5.41) is 15.3. The van der Waals surface area contributed by atoms with Gasteiger partial charge in [0.1, 0.15) is 0 Å². The highest BCUT2D eigenvalue weighted by molar-refractivity contribution is 5.84. The maximum absolute atomic E-state index is 11.7. The van der Waals surface area contributed by atoms with Gasteiger partial charge >= 0.3 is 0 Å². The number of rotatable bonds is 7. The van der Waals surface area contributed by atoms with E-state index in [1.165, 1.54) is 12.8 Å². The number of carbonyl (C=O) groups is 2. The first-order valence-corrected chi connectivity index (χ1v) is 7.57. The highest BCUT2D eigenvalue weighted by Gasteiger charge is 2.25. The predicted molar refractivity (Wildman–Crippen MR) is 78.1 cm³/mol. The van der Waals surface area contributed by atoms with Crippen molar-refractivity contribution in [2.75, 3.05) is 13.1 Å². The standard InChI is InChI=1S/C15H28N2O3/c1-11(2)15(3,20)10-17-14(19)9-16-13(18)8-12-6-4-5-7-12/h11-12,20H,4-10H2,1-3H3,(H,16,18)(H,17,19). The van der Waals surface area contributed by atoms with Gasteiger partial charge in [0, 0.05) is 13.0 Å².